The fourth-order valence-electron chi connectivity index (χ4n) is 2.87. The molecule has 4 rings (SSSR count). The molecule has 0 radical (unpaired) electrons. The maximum atomic E-state index is 12.5. The molecule has 98 valence electrons. The second-order valence-electron chi connectivity index (χ2n) is 5.27. The molecule has 4 heteroatoms. The minimum absolute atomic E-state index is 0.170. The van der Waals surface area contributed by atoms with E-state index in [1.165, 1.54) is 15.3 Å². The number of thiophene rings is 2. The molecule has 1 atom stereocenters. The zero-order valence-corrected chi connectivity index (χ0v) is 12.2. The fraction of sp³-hybridized carbons (Fsp3) is 0.400. The second kappa shape index (κ2) is 4.46. The molecular formula is C15H15NOS2. The number of carbonyl (C=O) groups excluding carboxylic acids is 1. The van der Waals surface area contributed by atoms with Crippen LogP contribution in [0.4, 0.5) is 0 Å². The normalized spacial score (nSPS) is 22.3. The monoisotopic (exact) mass is 289 g/mol. The molecule has 0 bridgehead atoms. The molecule has 0 spiro atoms. The van der Waals surface area contributed by atoms with Crippen LogP contribution in [-0.4, -0.2) is 17.4 Å². The van der Waals surface area contributed by atoms with Crippen molar-refractivity contribution in [2.75, 3.05) is 6.54 Å². The number of amides is 1. The summed E-state index contributed by atoms with van der Waals surface area (Å²) in [5.74, 6) is 0.679. The topological polar surface area (TPSA) is 20.3 Å². The van der Waals surface area contributed by atoms with Crippen molar-refractivity contribution in [3.05, 3.63) is 44.3 Å². The van der Waals surface area contributed by atoms with Gasteiger partial charge in [0.25, 0.3) is 0 Å². The Balaban J connectivity index is 1.77. The molecule has 0 saturated heterocycles. The van der Waals surface area contributed by atoms with E-state index in [1.54, 1.807) is 11.3 Å². The predicted octanol–water partition coefficient (Wildman–Crippen LogP) is 3.69. The third-order valence-electron chi connectivity index (χ3n) is 3.99. The van der Waals surface area contributed by atoms with Crippen molar-refractivity contribution < 1.29 is 4.79 Å². The summed E-state index contributed by atoms with van der Waals surface area (Å²) in [7, 11) is 0. The first-order valence-corrected chi connectivity index (χ1v) is 8.50. The van der Waals surface area contributed by atoms with Crippen LogP contribution in [0.3, 0.4) is 0 Å². The van der Waals surface area contributed by atoms with Gasteiger partial charge in [-0.25, -0.2) is 0 Å². The molecule has 1 aliphatic carbocycles. The highest BCUT2D eigenvalue weighted by Gasteiger charge is 2.40. The number of carbonyl (C=O) groups is 1. The van der Waals surface area contributed by atoms with Gasteiger partial charge in [-0.2, -0.15) is 0 Å². The van der Waals surface area contributed by atoms with Gasteiger partial charge in [0.2, 0.25) is 5.91 Å². The van der Waals surface area contributed by atoms with Crippen LogP contribution in [0.2, 0.25) is 0 Å². The summed E-state index contributed by atoms with van der Waals surface area (Å²) in [5.41, 5.74) is 1.35. The van der Waals surface area contributed by atoms with Crippen molar-refractivity contribution >= 4 is 28.6 Å². The van der Waals surface area contributed by atoms with Gasteiger partial charge in [-0.05, 0) is 47.7 Å². The van der Waals surface area contributed by atoms with E-state index in [1.807, 2.05) is 11.3 Å². The molecule has 1 amide bonds. The molecular weight excluding hydrogens is 274 g/mol. The smallest absolute Gasteiger partial charge is 0.226 e. The van der Waals surface area contributed by atoms with Crippen molar-refractivity contribution in [1.82, 2.24) is 4.90 Å². The third kappa shape index (κ3) is 1.94. The highest BCUT2D eigenvalue weighted by Crippen LogP contribution is 2.42. The lowest BCUT2D eigenvalue weighted by Crippen LogP contribution is -2.40. The Labute approximate surface area is 120 Å². The van der Waals surface area contributed by atoms with Gasteiger partial charge in [0.1, 0.15) is 0 Å². The molecule has 1 aliphatic heterocycles. The minimum Gasteiger partial charge on any atom is -0.330 e. The highest BCUT2D eigenvalue weighted by molar-refractivity contribution is 7.10. The Bertz CT molecular complexity index is 597. The summed E-state index contributed by atoms with van der Waals surface area (Å²) >= 11 is 3.59. The molecule has 2 aliphatic rings. The molecule has 19 heavy (non-hydrogen) atoms. The lowest BCUT2D eigenvalue weighted by Gasteiger charge is -2.35. The van der Waals surface area contributed by atoms with Crippen LogP contribution in [0, 0.1) is 5.92 Å². The number of fused-ring (bicyclic) bond motifs is 1. The molecule has 3 heterocycles. The summed E-state index contributed by atoms with van der Waals surface area (Å²) in [6.07, 6.45) is 3.19. The molecule has 0 unspecified atom stereocenters. The van der Waals surface area contributed by atoms with Gasteiger partial charge in [-0.15, -0.1) is 22.7 Å². The van der Waals surface area contributed by atoms with E-state index >= 15 is 0 Å². The van der Waals surface area contributed by atoms with Crippen molar-refractivity contribution in [2.45, 2.75) is 25.3 Å². The quantitative estimate of drug-likeness (QED) is 0.825. The lowest BCUT2D eigenvalue weighted by atomic mass is 9.98. The van der Waals surface area contributed by atoms with Gasteiger partial charge in [0.05, 0.1) is 6.04 Å². The first-order chi connectivity index (χ1) is 9.34. The number of nitrogens with zero attached hydrogens (tertiary/aromatic N) is 1. The number of hydrogen-bond acceptors (Lipinski definition) is 3. The molecule has 1 fully saturated rings. The zero-order valence-electron chi connectivity index (χ0n) is 10.5. The van der Waals surface area contributed by atoms with Crippen LogP contribution in [-0.2, 0) is 11.2 Å². The number of rotatable bonds is 2. The van der Waals surface area contributed by atoms with Crippen molar-refractivity contribution in [3.8, 4) is 0 Å². The van der Waals surface area contributed by atoms with E-state index in [-0.39, 0.29) is 6.04 Å². The molecule has 2 aromatic rings. The summed E-state index contributed by atoms with van der Waals surface area (Å²) in [5, 5.41) is 4.27. The van der Waals surface area contributed by atoms with Gasteiger partial charge in [-0.1, -0.05) is 6.07 Å². The summed E-state index contributed by atoms with van der Waals surface area (Å²) in [6.45, 7) is 0.880. The molecule has 0 N–H and O–H groups in total. The largest absolute Gasteiger partial charge is 0.330 e. The summed E-state index contributed by atoms with van der Waals surface area (Å²) in [4.78, 5) is 17.4. The Morgan fingerprint density at radius 2 is 2.11 bits per heavy atom. The van der Waals surface area contributed by atoms with Crippen LogP contribution in [0.15, 0.2) is 29.0 Å². The van der Waals surface area contributed by atoms with Crippen LogP contribution >= 0.6 is 22.7 Å². The van der Waals surface area contributed by atoms with E-state index in [9.17, 15) is 4.79 Å². The van der Waals surface area contributed by atoms with E-state index in [2.05, 4.69) is 33.9 Å². The molecule has 0 aromatic carbocycles. The van der Waals surface area contributed by atoms with E-state index in [0.717, 1.165) is 25.8 Å². The van der Waals surface area contributed by atoms with Crippen molar-refractivity contribution in [1.29, 1.82) is 0 Å². The maximum Gasteiger partial charge on any atom is 0.226 e. The van der Waals surface area contributed by atoms with E-state index in [4.69, 9.17) is 0 Å². The van der Waals surface area contributed by atoms with E-state index < -0.39 is 0 Å². The maximum absolute atomic E-state index is 12.5. The van der Waals surface area contributed by atoms with Gasteiger partial charge in [0.15, 0.2) is 0 Å². The van der Waals surface area contributed by atoms with Gasteiger partial charge in [0, 0.05) is 22.2 Å². The van der Waals surface area contributed by atoms with Crippen molar-refractivity contribution in [2.24, 2.45) is 5.92 Å². The fourth-order valence-corrected chi connectivity index (χ4v) is 4.63. The SMILES string of the molecule is O=C(C1CC1)N1CCc2sccc2[C@@H]1c1cccs1. The standard InChI is InChI=1S/C15H15NOS2/c17-15(10-3-4-10)16-7-5-12-11(6-9-19-12)14(16)13-2-1-8-18-13/h1-2,6,8-10,14H,3-5,7H2/t14-/m1/s1. The minimum atomic E-state index is 0.170. The average molecular weight is 289 g/mol. The third-order valence-corrected chi connectivity index (χ3v) is 5.91. The lowest BCUT2D eigenvalue weighted by molar-refractivity contribution is -0.134. The van der Waals surface area contributed by atoms with Crippen LogP contribution in [0.25, 0.3) is 0 Å². The summed E-state index contributed by atoms with van der Waals surface area (Å²) < 4.78 is 0. The Hall–Kier alpha value is -1.13. The predicted molar refractivity (Wildman–Crippen MR) is 78.6 cm³/mol. The van der Waals surface area contributed by atoms with Gasteiger partial charge < -0.3 is 4.90 Å². The van der Waals surface area contributed by atoms with E-state index in [0.29, 0.717) is 11.8 Å². The second-order valence-corrected chi connectivity index (χ2v) is 7.25. The Kier molecular flexibility index (Phi) is 2.74. The van der Waals surface area contributed by atoms with Gasteiger partial charge in [-0.3, -0.25) is 4.79 Å². The van der Waals surface area contributed by atoms with Crippen molar-refractivity contribution in [3.63, 3.8) is 0 Å². The number of hydrogen-bond donors (Lipinski definition) is 0. The molecule has 2 aromatic heterocycles. The Morgan fingerprint density at radius 3 is 2.84 bits per heavy atom. The highest BCUT2D eigenvalue weighted by atomic mass is 32.1. The summed E-state index contributed by atoms with van der Waals surface area (Å²) in [6, 6.07) is 6.62. The Morgan fingerprint density at radius 1 is 1.21 bits per heavy atom. The van der Waals surface area contributed by atoms with Crippen LogP contribution in [0.1, 0.15) is 34.2 Å². The average Bonchev–Trinajstić information content (AvgIpc) is 2.94. The van der Waals surface area contributed by atoms with Crippen LogP contribution < -0.4 is 0 Å². The van der Waals surface area contributed by atoms with Crippen LogP contribution in [0.5, 0.6) is 0 Å². The first kappa shape index (κ1) is 11.7. The zero-order chi connectivity index (χ0) is 12.8. The van der Waals surface area contributed by atoms with Gasteiger partial charge >= 0.3 is 0 Å². The molecule has 2 nitrogen and oxygen atoms in total. The first-order valence-electron chi connectivity index (χ1n) is 6.75. The molecule has 1 saturated carbocycles.